The molecule has 1 rings (SSSR count). The van der Waals surface area contributed by atoms with Gasteiger partial charge in [-0.25, -0.2) is 0 Å². The molecule has 0 aliphatic carbocycles. The molecule has 1 aromatic carbocycles. The molecule has 2 heteroatoms. The fourth-order valence-electron chi connectivity index (χ4n) is 4.20. The first-order chi connectivity index (χ1) is 14.2. The summed E-state index contributed by atoms with van der Waals surface area (Å²) in [7, 11) is 0. The van der Waals surface area contributed by atoms with Crippen molar-refractivity contribution in [3.05, 3.63) is 29.8 Å². The highest BCUT2D eigenvalue weighted by molar-refractivity contribution is 5.48. The number of rotatable bonds is 19. The van der Waals surface area contributed by atoms with Crippen LogP contribution in [0.15, 0.2) is 24.3 Å². The van der Waals surface area contributed by atoms with Crippen molar-refractivity contribution in [3.63, 3.8) is 0 Å². The maximum Gasteiger partial charge on any atom is 0.0369 e. The highest BCUT2D eigenvalue weighted by Gasteiger charge is 2.08. The molecule has 0 N–H and O–H groups in total. The van der Waals surface area contributed by atoms with Gasteiger partial charge in [-0.3, -0.25) is 4.90 Å². The minimum Gasteiger partial charge on any atom is -0.372 e. The predicted octanol–water partition coefficient (Wildman–Crippen LogP) is 8.06. The fraction of sp³-hybridized carbons (Fsp3) is 0.778. The van der Waals surface area contributed by atoms with Gasteiger partial charge in [-0.05, 0) is 57.5 Å². The molecule has 0 radical (unpaired) electrons. The summed E-state index contributed by atoms with van der Waals surface area (Å²) in [6.07, 6.45) is 16.6. The van der Waals surface area contributed by atoms with E-state index in [1.165, 1.54) is 101 Å². The van der Waals surface area contributed by atoms with Gasteiger partial charge in [0.05, 0.1) is 0 Å². The number of unbranched alkanes of at least 4 members (excludes halogenated alkanes) is 10. The molecule has 0 aliphatic heterocycles. The van der Waals surface area contributed by atoms with E-state index in [4.69, 9.17) is 0 Å². The van der Waals surface area contributed by atoms with Crippen LogP contribution in [0.4, 0.5) is 5.69 Å². The summed E-state index contributed by atoms with van der Waals surface area (Å²) in [4.78, 5) is 5.18. The monoisotopic (exact) mass is 402 g/mol. The Kier molecular flexibility index (Phi) is 16.0. The summed E-state index contributed by atoms with van der Waals surface area (Å²) >= 11 is 0. The van der Waals surface area contributed by atoms with Gasteiger partial charge in [-0.1, -0.05) is 90.2 Å². The van der Waals surface area contributed by atoms with Gasteiger partial charge >= 0.3 is 0 Å². The highest BCUT2D eigenvalue weighted by Crippen LogP contribution is 2.18. The average Bonchev–Trinajstić information content (AvgIpc) is 2.74. The molecule has 0 atom stereocenters. The van der Waals surface area contributed by atoms with Crippen LogP contribution in [0.3, 0.4) is 0 Å². The molecule has 2 nitrogen and oxygen atoms in total. The molecule has 0 spiro atoms. The number of benzene rings is 1. The van der Waals surface area contributed by atoms with Crippen molar-refractivity contribution >= 4 is 5.69 Å². The van der Waals surface area contributed by atoms with Crippen LogP contribution >= 0.6 is 0 Å². The molecule has 0 aliphatic rings. The fourth-order valence-corrected chi connectivity index (χ4v) is 4.20. The smallest absolute Gasteiger partial charge is 0.0369 e. The van der Waals surface area contributed by atoms with E-state index < -0.39 is 0 Å². The van der Waals surface area contributed by atoms with E-state index in [9.17, 15) is 0 Å². The summed E-state index contributed by atoms with van der Waals surface area (Å²) in [5.41, 5.74) is 2.86. The van der Waals surface area contributed by atoms with Crippen LogP contribution in [-0.4, -0.2) is 31.1 Å². The average molecular weight is 403 g/mol. The number of hydrogen-bond acceptors (Lipinski definition) is 2. The van der Waals surface area contributed by atoms with Crippen LogP contribution < -0.4 is 4.90 Å². The molecule has 0 amide bonds. The second kappa shape index (κ2) is 17.8. The van der Waals surface area contributed by atoms with Crippen molar-refractivity contribution < 1.29 is 0 Å². The Morgan fingerprint density at radius 2 is 1.14 bits per heavy atom. The quantitative estimate of drug-likeness (QED) is 0.216. The van der Waals surface area contributed by atoms with Gasteiger partial charge in [-0.15, -0.1) is 0 Å². The van der Waals surface area contributed by atoms with Gasteiger partial charge in [0.15, 0.2) is 0 Å². The summed E-state index contributed by atoms with van der Waals surface area (Å²) < 4.78 is 0. The summed E-state index contributed by atoms with van der Waals surface area (Å²) in [5, 5.41) is 0. The van der Waals surface area contributed by atoms with Crippen LogP contribution in [-0.2, 0) is 6.54 Å². The maximum atomic E-state index is 2.72. The zero-order chi connectivity index (χ0) is 21.2. The van der Waals surface area contributed by atoms with Crippen molar-refractivity contribution in [2.75, 3.05) is 31.1 Å². The van der Waals surface area contributed by atoms with E-state index in [2.05, 4.69) is 61.8 Å². The molecule has 29 heavy (non-hydrogen) atoms. The Labute approximate surface area is 183 Å². The van der Waals surface area contributed by atoms with E-state index >= 15 is 0 Å². The largest absolute Gasteiger partial charge is 0.372 e. The van der Waals surface area contributed by atoms with Crippen molar-refractivity contribution in [3.8, 4) is 0 Å². The maximum absolute atomic E-state index is 2.72. The Morgan fingerprint density at radius 1 is 0.621 bits per heavy atom. The van der Waals surface area contributed by atoms with E-state index in [1.807, 2.05) is 0 Å². The van der Waals surface area contributed by atoms with E-state index in [-0.39, 0.29) is 0 Å². The molecule has 0 unspecified atom stereocenters. The van der Waals surface area contributed by atoms with Crippen molar-refractivity contribution in [1.29, 1.82) is 0 Å². The van der Waals surface area contributed by atoms with Gasteiger partial charge in [0.2, 0.25) is 0 Å². The molecule has 0 aromatic heterocycles. The summed E-state index contributed by atoms with van der Waals surface area (Å²) in [6.45, 7) is 14.9. The lowest BCUT2D eigenvalue weighted by atomic mass is 10.1. The number of nitrogens with zero attached hydrogens (tertiary/aromatic N) is 2. The van der Waals surface area contributed by atoms with Gasteiger partial charge in [0, 0.05) is 25.3 Å². The van der Waals surface area contributed by atoms with E-state index in [0.717, 1.165) is 19.6 Å². The zero-order valence-electron chi connectivity index (χ0n) is 20.2. The lowest BCUT2D eigenvalue weighted by Crippen LogP contribution is -2.26. The second-order valence-electron chi connectivity index (χ2n) is 8.65. The van der Waals surface area contributed by atoms with Crippen LogP contribution in [0.5, 0.6) is 0 Å². The van der Waals surface area contributed by atoms with Crippen molar-refractivity contribution in [2.45, 2.75) is 111 Å². The Balaban J connectivity index is 2.54. The van der Waals surface area contributed by atoms with Gasteiger partial charge in [-0.2, -0.15) is 0 Å². The predicted molar refractivity (Wildman–Crippen MR) is 132 cm³/mol. The van der Waals surface area contributed by atoms with Crippen molar-refractivity contribution in [1.82, 2.24) is 4.90 Å². The molecule has 0 bridgehead atoms. The molecule has 1 aromatic rings. The van der Waals surface area contributed by atoms with Crippen LogP contribution in [0, 0.1) is 0 Å². The first-order valence-corrected chi connectivity index (χ1v) is 12.8. The molecular formula is C27H50N2. The Hall–Kier alpha value is -1.02. The zero-order valence-corrected chi connectivity index (χ0v) is 20.2. The molecule has 168 valence electrons. The SMILES string of the molecule is CCCCCCCCN(CCCCCCCC)Cc1cccc(N(CC)CC)c1. The highest BCUT2D eigenvalue weighted by atomic mass is 15.1. The summed E-state index contributed by atoms with van der Waals surface area (Å²) in [6, 6.07) is 9.25. The minimum atomic E-state index is 1.08. The molecular weight excluding hydrogens is 352 g/mol. The third-order valence-electron chi connectivity index (χ3n) is 6.10. The third kappa shape index (κ3) is 12.3. The molecule has 0 saturated carbocycles. The first kappa shape index (κ1) is 26.0. The van der Waals surface area contributed by atoms with Gasteiger partial charge in [0.25, 0.3) is 0 Å². The van der Waals surface area contributed by atoms with Crippen LogP contribution in [0.1, 0.15) is 110 Å². The van der Waals surface area contributed by atoms with Gasteiger partial charge in [0.1, 0.15) is 0 Å². The Morgan fingerprint density at radius 3 is 1.66 bits per heavy atom. The lowest BCUT2D eigenvalue weighted by molar-refractivity contribution is 0.252. The lowest BCUT2D eigenvalue weighted by Gasteiger charge is -2.25. The van der Waals surface area contributed by atoms with E-state index in [0.29, 0.717) is 0 Å². The van der Waals surface area contributed by atoms with Crippen LogP contribution in [0.2, 0.25) is 0 Å². The molecule has 0 saturated heterocycles. The topological polar surface area (TPSA) is 6.48 Å². The van der Waals surface area contributed by atoms with Gasteiger partial charge < -0.3 is 4.90 Å². The second-order valence-corrected chi connectivity index (χ2v) is 8.65. The normalized spacial score (nSPS) is 11.3. The third-order valence-corrected chi connectivity index (χ3v) is 6.10. The van der Waals surface area contributed by atoms with E-state index in [1.54, 1.807) is 0 Å². The molecule has 0 heterocycles. The summed E-state index contributed by atoms with van der Waals surface area (Å²) in [5.74, 6) is 0. The Bertz CT molecular complexity index is 465. The molecule has 0 fully saturated rings. The minimum absolute atomic E-state index is 1.08. The van der Waals surface area contributed by atoms with Crippen molar-refractivity contribution in [2.24, 2.45) is 0 Å². The number of hydrogen-bond donors (Lipinski definition) is 0. The first-order valence-electron chi connectivity index (χ1n) is 12.8. The van der Waals surface area contributed by atoms with Crippen LogP contribution in [0.25, 0.3) is 0 Å². The number of anilines is 1. The standard InChI is InChI=1S/C27H50N2/c1-5-9-11-13-15-17-22-28(23-18-16-14-12-10-6-2)25-26-20-19-21-27(24-26)29(7-3)8-4/h19-21,24H,5-18,22-23,25H2,1-4H3.